The minimum Gasteiger partial charge on any atom is -0.358 e. The number of rotatable bonds is 4. The molecule has 0 unspecified atom stereocenters. The van der Waals surface area contributed by atoms with Gasteiger partial charge in [0.05, 0.1) is 16.8 Å². The van der Waals surface area contributed by atoms with Gasteiger partial charge in [0.25, 0.3) is 5.91 Å². The molecule has 5 nitrogen and oxygen atoms in total. The third-order valence-corrected chi connectivity index (χ3v) is 4.19. The van der Waals surface area contributed by atoms with Crippen LogP contribution in [0.2, 0.25) is 0 Å². The Morgan fingerprint density at radius 2 is 1.86 bits per heavy atom. The zero-order chi connectivity index (χ0) is 20.1. The van der Waals surface area contributed by atoms with Gasteiger partial charge in [0, 0.05) is 17.5 Å². The van der Waals surface area contributed by atoms with Crippen LogP contribution in [0.1, 0.15) is 17.3 Å². The van der Waals surface area contributed by atoms with Gasteiger partial charge in [0.15, 0.2) is 5.11 Å². The quantitative estimate of drug-likeness (QED) is 0.358. The number of nitrogens with one attached hydrogen (secondary N) is 3. The van der Waals surface area contributed by atoms with Gasteiger partial charge >= 0.3 is 0 Å². The number of benzene rings is 2. The number of nitrogens with zero attached hydrogens (tertiary/aromatic N) is 1. The third kappa shape index (κ3) is 4.69. The molecule has 0 bridgehead atoms. The fourth-order valence-corrected chi connectivity index (χ4v) is 2.71. The minimum absolute atomic E-state index is 0.286. The summed E-state index contributed by atoms with van der Waals surface area (Å²) in [7, 11) is 0. The van der Waals surface area contributed by atoms with Crippen molar-refractivity contribution in [2.45, 2.75) is 6.92 Å². The summed E-state index contributed by atoms with van der Waals surface area (Å²) in [6.45, 7) is 6.16. The lowest BCUT2D eigenvalue weighted by Gasteiger charge is -2.13. The minimum atomic E-state index is -0.360. The van der Waals surface area contributed by atoms with Crippen molar-refractivity contribution < 1.29 is 9.18 Å². The van der Waals surface area contributed by atoms with Crippen LogP contribution >= 0.6 is 12.2 Å². The molecule has 3 N–H and O–H groups in total. The number of pyridine rings is 1. The molecule has 28 heavy (non-hydrogen) atoms. The van der Waals surface area contributed by atoms with Crippen molar-refractivity contribution in [2.75, 3.05) is 6.54 Å². The van der Waals surface area contributed by atoms with Gasteiger partial charge in [-0.3, -0.25) is 15.6 Å². The molecule has 3 rings (SSSR count). The molecular weight excluding hydrogens is 375 g/mol. The van der Waals surface area contributed by atoms with Gasteiger partial charge in [-0.2, -0.15) is 0 Å². The number of carbonyl (C=O) groups is 1. The van der Waals surface area contributed by atoms with E-state index in [1.165, 1.54) is 12.1 Å². The van der Waals surface area contributed by atoms with E-state index < -0.39 is 0 Å². The van der Waals surface area contributed by atoms with Crippen LogP contribution in [0.25, 0.3) is 22.2 Å². The summed E-state index contributed by atoms with van der Waals surface area (Å²) in [5.41, 5.74) is 8.57. The summed E-state index contributed by atoms with van der Waals surface area (Å²) in [4.78, 5) is 17.4. The first-order valence-electron chi connectivity index (χ1n) is 8.58. The van der Waals surface area contributed by atoms with Crippen LogP contribution in [-0.2, 0) is 0 Å². The Hall–Kier alpha value is -3.32. The Kier molecular flexibility index (Phi) is 5.96. The molecule has 1 aromatic heterocycles. The molecular formula is C21H19FN4OS. The number of carbonyl (C=O) groups excluding carboxylic acids is 1. The van der Waals surface area contributed by atoms with Crippen LogP contribution in [0.15, 0.2) is 66.7 Å². The maximum atomic E-state index is 13.2. The van der Waals surface area contributed by atoms with Crippen LogP contribution in [0.5, 0.6) is 0 Å². The molecule has 0 atom stereocenters. The lowest BCUT2D eigenvalue weighted by molar-refractivity contribution is 0.0945. The number of para-hydroxylation sites is 1. The summed E-state index contributed by atoms with van der Waals surface area (Å²) >= 11 is 5.13. The van der Waals surface area contributed by atoms with E-state index in [-0.39, 0.29) is 16.8 Å². The second-order valence-corrected chi connectivity index (χ2v) is 6.71. The van der Waals surface area contributed by atoms with Crippen molar-refractivity contribution in [3.05, 3.63) is 78.1 Å². The third-order valence-electron chi connectivity index (χ3n) is 3.94. The number of fused-ring (bicyclic) bond motifs is 1. The lowest BCUT2D eigenvalue weighted by Crippen LogP contribution is -2.47. The highest BCUT2D eigenvalue weighted by Crippen LogP contribution is 2.25. The lowest BCUT2D eigenvalue weighted by atomic mass is 10.0. The molecule has 7 heteroatoms. The monoisotopic (exact) mass is 394 g/mol. The number of hydrogen-bond acceptors (Lipinski definition) is 3. The van der Waals surface area contributed by atoms with E-state index in [0.29, 0.717) is 34.3 Å². The maximum absolute atomic E-state index is 13.2. The molecule has 0 fully saturated rings. The summed E-state index contributed by atoms with van der Waals surface area (Å²) in [5, 5.41) is 3.91. The van der Waals surface area contributed by atoms with E-state index in [1.54, 1.807) is 18.2 Å². The Bertz CT molecular complexity index is 1050. The Morgan fingerprint density at radius 3 is 2.57 bits per heavy atom. The smallest absolute Gasteiger partial charge is 0.270 e. The van der Waals surface area contributed by atoms with Crippen LogP contribution in [0.3, 0.4) is 0 Å². The summed E-state index contributed by atoms with van der Waals surface area (Å²) < 4.78 is 13.2. The van der Waals surface area contributed by atoms with Gasteiger partial charge in [-0.15, -0.1) is 0 Å². The SMILES string of the molecule is C=C(C)CNC(=S)NNC(=O)c1cc(-c2ccc(F)cc2)nc2ccccc12. The molecule has 0 saturated heterocycles. The molecule has 3 aromatic rings. The van der Waals surface area contributed by atoms with E-state index in [1.807, 2.05) is 31.2 Å². The van der Waals surface area contributed by atoms with Gasteiger partial charge < -0.3 is 5.32 Å². The van der Waals surface area contributed by atoms with Crippen molar-refractivity contribution in [3.63, 3.8) is 0 Å². The van der Waals surface area contributed by atoms with Gasteiger partial charge in [-0.1, -0.05) is 30.4 Å². The molecule has 0 aliphatic rings. The first-order valence-corrected chi connectivity index (χ1v) is 8.99. The van der Waals surface area contributed by atoms with E-state index in [9.17, 15) is 9.18 Å². The number of aromatic nitrogens is 1. The highest BCUT2D eigenvalue weighted by atomic mass is 32.1. The van der Waals surface area contributed by atoms with E-state index in [2.05, 4.69) is 27.7 Å². The van der Waals surface area contributed by atoms with Crippen LogP contribution < -0.4 is 16.2 Å². The molecule has 0 radical (unpaired) electrons. The molecule has 0 aliphatic carbocycles. The zero-order valence-corrected chi connectivity index (χ0v) is 16.1. The van der Waals surface area contributed by atoms with Gasteiger partial charge in [-0.05, 0) is 55.5 Å². The average Bonchev–Trinajstić information content (AvgIpc) is 2.70. The van der Waals surface area contributed by atoms with Crippen LogP contribution in [0.4, 0.5) is 4.39 Å². The molecule has 2 aromatic carbocycles. The zero-order valence-electron chi connectivity index (χ0n) is 15.3. The van der Waals surface area contributed by atoms with Crippen molar-refractivity contribution in [1.82, 2.24) is 21.2 Å². The van der Waals surface area contributed by atoms with Crippen molar-refractivity contribution in [2.24, 2.45) is 0 Å². The highest BCUT2D eigenvalue weighted by molar-refractivity contribution is 7.80. The largest absolute Gasteiger partial charge is 0.358 e. The summed E-state index contributed by atoms with van der Waals surface area (Å²) in [6.07, 6.45) is 0. The first-order chi connectivity index (χ1) is 13.4. The van der Waals surface area contributed by atoms with E-state index >= 15 is 0 Å². The predicted octanol–water partition coefficient (Wildman–Crippen LogP) is 3.73. The van der Waals surface area contributed by atoms with Gasteiger partial charge in [-0.25, -0.2) is 9.37 Å². The predicted molar refractivity (Wildman–Crippen MR) is 113 cm³/mol. The van der Waals surface area contributed by atoms with Crippen molar-refractivity contribution in [3.8, 4) is 11.3 Å². The molecule has 0 spiro atoms. The average molecular weight is 394 g/mol. The van der Waals surface area contributed by atoms with Crippen molar-refractivity contribution >= 4 is 34.1 Å². The Labute approximate surface area is 167 Å². The second kappa shape index (κ2) is 8.58. The number of hydrazine groups is 1. The molecule has 0 aliphatic heterocycles. The molecule has 142 valence electrons. The Morgan fingerprint density at radius 1 is 1.14 bits per heavy atom. The van der Waals surface area contributed by atoms with Crippen molar-refractivity contribution in [1.29, 1.82) is 0 Å². The fourth-order valence-electron chi connectivity index (χ4n) is 2.59. The summed E-state index contributed by atoms with van der Waals surface area (Å²) in [5.74, 6) is -0.691. The second-order valence-electron chi connectivity index (χ2n) is 6.30. The van der Waals surface area contributed by atoms with Gasteiger partial charge in [0.2, 0.25) is 0 Å². The van der Waals surface area contributed by atoms with Gasteiger partial charge in [0.1, 0.15) is 5.82 Å². The number of hydrogen-bond donors (Lipinski definition) is 3. The first kappa shape index (κ1) is 19.4. The standard InChI is InChI=1S/C21H19FN4OS/c1-13(2)12-23-21(28)26-25-20(27)17-11-19(14-7-9-15(22)10-8-14)24-18-6-4-3-5-16(17)18/h3-11H,1,12H2,2H3,(H,25,27)(H2,23,26,28). The number of thiocarbonyl (C=S) groups is 1. The number of amides is 1. The fraction of sp³-hybridized carbons (Fsp3) is 0.0952. The maximum Gasteiger partial charge on any atom is 0.270 e. The molecule has 1 heterocycles. The van der Waals surface area contributed by atoms with Crippen LogP contribution in [0, 0.1) is 5.82 Å². The Balaban J connectivity index is 1.88. The van der Waals surface area contributed by atoms with E-state index in [4.69, 9.17) is 12.2 Å². The number of halogens is 1. The van der Waals surface area contributed by atoms with Crippen LogP contribution in [-0.4, -0.2) is 22.5 Å². The molecule has 1 amide bonds. The normalized spacial score (nSPS) is 10.4. The topological polar surface area (TPSA) is 66.0 Å². The molecule has 0 saturated carbocycles. The highest BCUT2D eigenvalue weighted by Gasteiger charge is 2.14. The summed E-state index contributed by atoms with van der Waals surface area (Å²) in [6, 6.07) is 15.0. The van der Waals surface area contributed by atoms with E-state index in [0.717, 1.165) is 5.57 Å².